The van der Waals surface area contributed by atoms with Gasteiger partial charge in [-0.1, -0.05) is 41.5 Å². The molecule has 0 atom stereocenters. The highest BCUT2D eigenvalue weighted by molar-refractivity contribution is 7.90. The van der Waals surface area contributed by atoms with Crippen molar-refractivity contribution in [1.29, 1.82) is 0 Å². The van der Waals surface area contributed by atoms with Crippen molar-refractivity contribution in [3.8, 4) is 0 Å². The molecule has 0 aliphatic carbocycles. The Labute approximate surface area is 156 Å². The van der Waals surface area contributed by atoms with Crippen molar-refractivity contribution in [2.24, 2.45) is 4.99 Å². The summed E-state index contributed by atoms with van der Waals surface area (Å²) in [4.78, 5) is 4.56. The molecular formula is C20H27N3O2S. The summed E-state index contributed by atoms with van der Waals surface area (Å²) >= 11 is 0. The number of nitrogens with zero attached hydrogens (tertiary/aromatic N) is 1. The largest absolute Gasteiger partial charge is 0.356 e. The summed E-state index contributed by atoms with van der Waals surface area (Å²) in [5, 5.41) is 6.55. The van der Waals surface area contributed by atoms with E-state index in [0.29, 0.717) is 11.4 Å². The number of guanidine groups is 1. The lowest BCUT2D eigenvalue weighted by Crippen LogP contribution is -2.37. The first-order valence-corrected chi connectivity index (χ1v) is 10.5. The van der Waals surface area contributed by atoms with E-state index in [9.17, 15) is 8.42 Å². The minimum Gasteiger partial charge on any atom is -0.356 e. The lowest BCUT2D eigenvalue weighted by Gasteiger charge is -2.12. The number of hydrogen-bond donors (Lipinski definition) is 2. The molecule has 0 aromatic heterocycles. The summed E-state index contributed by atoms with van der Waals surface area (Å²) in [6.45, 7) is 5.59. The first-order valence-electron chi connectivity index (χ1n) is 8.58. The molecule has 0 saturated heterocycles. The summed E-state index contributed by atoms with van der Waals surface area (Å²) in [5.74, 6) is 0.724. The minimum absolute atomic E-state index is 0.331. The molecule has 140 valence electrons. The van der Waals surface area contributed by atoms with E-state index in [1.807, 2.05) is 12.1 Å². The van der Waals surface area contributed by atoms with Crippen molar-refractivity contribution < 1.29 is 8.42 Å². The standard InChI is InChI=1S/C20H27N3O2S/c1-15-11-16(2)13-18(12-15)9-10-22-20(21-3)23-14-17-5-7-19(8-6-17)26(4,24)25/h5-8,11-13H,9-10,14H2,1-4H3,(H2,21,22,23). The molecule has 0 saturated carbocycles. The first kappa shape index (κ1) is 20.0. The topological polar surface area (TPSA) is 70.6 Å². The molecule has 0 bridgehead atoms. The zero-order valence-electron chi connectivity index (χ0n) is 15.8. The van der Waals surface area contributed by atoms with Crippen LogP contribution in [0.2, 0.25) is 0 Å². The summed E-state index contributed by atoms with van der Waals surface area (Å²) in [7, 11) is -1.42. The van der Waals surface area contributed by atoms with Crippen LogP contribution in [0.4, 0.5) is 0 Å². The molecule has 0 unspecified atom stereocenters. The molecule has 2 rings (SSSR count). The van der Waals surface area contributed by atoms with Crippen molar-refractivity contribution in [1.82, 2.24) is 10.6 Å². The van der Waals surface area contributed by atoms with E-state index in [1.165, 1.54) is 22.9 Å². The maximum atomic E-state index is 11.5. The normalized spacial score (nSPS) is 12.1. The van der Waals surface area contributed by atoms with Gasteiger partial charge in [-0.3, -0.25) is 4.99 Å². The van der Waals surface area contributed by atoms with Gasteiger partial charge >= 0.3 is 0 Å². The summed E-state index contributed by atoms with van der Waals surface area (Å²) in [5.41, 5.74) is 4.86. The predicted octanol–water partition coefficient (Wildman–Crippen LogP) is 2.61. The summed E-state index contributed by atoms with van der Waals surface area (Å²) in [6, 6.07) is 13.5. The molecule has 6 heteroatoms. The van der Waals surface area contributed by atoms with E-state index in [-0.39, 0.29) is 0 Å². The second kappa shape index (κ2) is 8.85. The predicted molar refractivity (Wildman–Crippen MR) is 107 cm³/mol. The van der Waals surface area contributed by atoms with Crippen molar-refractivity contribution in [3.05, 3.63) is 64.7 Å². The van der Waals surface area contributed by atoms with E-state index in [0.717, 1.165) is 24.5 Å². The van der Waals surface area contributed by atoms with E-state index in [2.05, 4.69) is 47.7 Å². The lowest BCUT2D eigenvalue weighted by molar-refractivity contribution is 0.602. The number of sulfone groups is 1. The quantitative estimate of drug-likeness (QED) is 0.603. The maximum Gasteiger partial charge on any atom is 0.191 e. The molecule has 26 heavy (non-hydrogen) atoms. The van der Waals surface area contributed by atoms with E-state index in [4.69, 9.17) is 0 Å². The number of nitrogens with one attached hydrogen (secondary N) is 2. The number of hydrogen-bond acceptors (Lipinski definition) is 3. The number of rotatable bonds is 6. The van der Waals surface area contributed by atoms with Gasteiger partial charge in [0.25, 0.3) is 0 Å². The van der Waals surface area contributed by atoms with E-state index in [1.54, 1.807) is 19.2 Å². The molecule has 0 radical (unpaired) electrons. The molecule has 0 aliphatic heterocycles. The van der Waals surface area contributed by atoms with Crippen LogP contribution in [-0.4, -0.2) is 34.2 Å². The summed E-state index contributed by atoms with van der Waals surface area (Å²) in [6.07, 6.45) is 2.13. The Hall–Kier alpha value is -2.34. The average molecular weight is 374 g/mol. The van der Waals surface area contributed by atoms with Crippen molar-refractivity contribution in [2.45, 2.75) is 31.7 Å². The highest BCUT2D eigenvalue weighted by Crippen LogP contribution is 2.10. The zero-order chi connectivity index (χ0) is 19.2. The molecule has 0 aliphatic rings. The fraction of sp³-hybridized carbons (Fsp3) is 0.350. The third-order valence-electron chi connectivity index (χ3n) is 4.02. The second-order valence-corrected chi connectivity index (χ2v) is 8.53. The number of benzene rings is 2. The molecule has 0 amide bonds. The molecule has 2 N–H and O–H groups in total. The third kappa shape index (κ3) is 6.19. The summed E-state index contributed by atoms with van der Waals surface area (Å²) < 4.78 is 23.0. The fourth-order valence-electron chi connectivity index (χ4n) is 2.80. The van der Waals surface area contributed by atoms with Gasteiger partial charge in [0, 0.05) is 26.4 Å². The third-order valence-corrected chi connectivity index (χ3v) is 5.15. The van der Waals surface area contributed by atoms with Crippen LogP contribution in [0.3, 0.4) is 0 Å². The van der Waals surface area contributed by atoms with E-state index >= 15 is 0 Å². The van der Waals surface area contributed by atoms with Crippen LogP contribution in [0, 0.1) is 13.8 Å². The lowest BCUT2D eigenvalue weighted by atomic mass is 10.1. The monoisotopic (exact) mass is 373 g/mol. The van der Waals surface area contributed by atoms with Gasteiger partial charge in [-0.25, -0.2) is 8.42 Å². The SMILES string of the molecule is CN=C(NCCc1cc(C)cc(C)c1)NCc1ccc(S(C)(=O)=O)cc1. The van der Waals surface area contributed by atoms with Gasteiger partial charge in [0.1, 0.15) is 0 Å². The molecule has 2 aromatic rings. The van der Waals surface area contributed by atoms with Gasteiger partial charge in [-0.2, -0.15) is 0 Å². The van der Waals surface area contributed by atoms with Gasteiger partial charge in [-0.15, -0.1) is 0 Å². The maximum absolute atomic E-state index is 11.5. The highest BCUT2D eigenvalue weighted by Gasteiger charge is 2.06. The van der Waals surface area contributed by atoms with Crippen LogP contribution in [0.25, 0.3) is 0 Å². The van der Waals surface area contributed by atoms with Crippen LogP contribution in [0.15, 0.2) is 52.4 Å². The minimum atomic E-state index is -3.16. The van der Waals surface area contributed by atoms with Crippen LogP contribution >= 0.6 is 0 Å². The molecule has 5 nitrogen and oxygen atoms in total. The zero-order valence-corrected chi connectivity index (χ0v) is 16.7. The van der Waals surface area contributed by atoms with Gasteiger partial charge < -0.3 is 10.6 Å². The number of aliphatic imine (C=N–C) groups is 1. The molecule has 2 aromatic carbocycles. The Bertz CT molecular complexity index is 852. The van der Waals surface area contributed by atoms with Crippen LogP contribution in [0.1, 0.15) is 22.3 Å². The van der Waals surface area contributed by atoms with Gasteiger partial charge in [-0.05, 0) is 43.5 Å². The second-order valence-electron chi connectivity index (χ2n) is 6.51. The van der Waals surface area contributed by atoms with E-state index < -0.39 is 9.84 Å². The molecular weight excluding hydrogens is 346 g/mol. The van der Waals surface area contributed by atoms with Gasteiger partial charge in [0.2, 0.25) is 0 Å². The smallest absolute Gasteiger partial charge is 0.191 e. The van der Waals surface area contributed by atoms with Gasteiger partial charge in [0.15, 0.2) is 15.8 Å². The Morgan fingerprint density at radius 2 is 1.58 bits per heavy atom. The molecule has 0 spiro atoms. The fourth-order valence-corrected chi connectivity index (χ4v) is 3.43. The number of aryl methyl sites for hydroxylation is 2. The first-order chi connectivity index (χ1) is 12.3. The van der Waals surface area contributed by atoms with Crippen LogP contribution in [-0.2, 0) is 22.8 Å². The van der Waals surface area contributed by atoms with Crippen LogP contribution in [0.5, 0.6) is 0 Å². The van der Waals surface area contributed by atoms with Crippen molar-refractivity contribution in [3.63, 3.8) is 0 Å². The molecule has 0 heterocycles. The Kier molecular flexibility index (Phi) is 6.80. The van der Waals surface area contributed by atoms with Gasteiger partial charge in [0.05, 0.1) is 4.90 Å². The Morgan fingerprint density at radius 1 is 0.962 bits per heavy atom. The Balaban J connectivity index is 1.84. The molecule has 0 fully saturated rings. The van der Waals surface area contributed by atoms with Crippen LogP contribution < -0.4 is 10.6 Å². The Morgan fingerprint density at radius 3 is 2.12 bits per heavy atom. The highest BCUT2D eigenvalue weighted by atomic mass is 32.2. The van der Waals surface area contributed by atoms with Crippen molar-refractivity contribution >= 4 is 15.8 Å². The van der Waals surface area contributed by atoms with Crippen molar-refractivity contribution in [2.75, 3.05) is 19.8 Å². The average Bonchev–Trinajstić information content (AvgIpc) is 2.56.